The van der Waals surface area contributed by atoms with Gasteiger partial charge in [0, 0.05) is 18.7 Å². The van der Waals surface area contributed by atoms with Crippen molar-refractivity contribution in [3.8, 4) is 0 Å². The average molecular weight is 320 g/mol. The molecule has 0 bridgehead atoms. The summed E-state index contributed by atoms with van der Waals surface area (Å²) in [6, 6.07) is 7.79. The molecule has 4 nitrogen and oxygen atoms in total. The molecule has 22 heavy (non-hydrogen) atoms. The Labute approximate surface area is 132 Å². The van der Waals surface area contributed by atoms with E-state index in [2.05, 4.69) is 10.3 Å². The molecule has 0 aliphatic carbocycles. The van der Waals surface area contributed by atoms with Crippen molar-refractivity contribution in [3.05, 3.63) is 53.1 Å². The standard InChI is InChI=1S/C16H15ClFN3O/c17-15-6-4-12(10-19-15)20-16(22)11-3-5-14(13(18)9-11)21-7-1-2-8-21/h3-6,9-10H,1-2,7-8H2,(H,20,22). The van der Waals surface area contributed by atoms with Crippen LogP contribution in [0.2, 0.25) is 5.15 Å². The van der Waals surface area contributed by atoms with E-state index in [9.17, 15) is 9.18 Å². The van der Waals surface area contributed by atoms with Crippen LogP contribution < -0.4 is 10.2 Å². The summed E-state index contributed by atoms with van der Waals surface area (Å²) < 4.78 is 14.2. The fourth-order valence-electron chi connectivity index (χ4n) is 2.52. The van der Waals surface area contributed by atoms with Gasteiger partial charge in [-0.3, -0.25) is 4.79 Å². The third-order valence-corrected chi connectivity index (χ3v) is 3.87. The van der Waals surface area contributed by atoms with Crippen LogP contribution in [0, 0.1) is 5.82 Å². The molecule has 1 amide bonds. The SMILES string of the molecule is O=C(Nc1ccc(Cl)nc1)c1ccc(N2CCCC2)c(F)c1. The minimum atomic E-state index is -0.379. The first-order chi connectivity index (χ1) is 10.6. The normalized spacial score (nSPS) is 14.2. The van der Waals surface area contributed by atoms with Crippen LogP contribution in [0.3, 0.4) is 0 Å². The molecule has 0 unspecified atom stereocenters. The summed E-state index contributed by atoms with van der Waals surface area (Å²) in [4.78, 5) is 18.0. The van der Waals surface area contributed by atoms with Gasteiger partial charge in [-0.15, -0.1) is 0 Å². The molecular formula is C16H15ClFN3O. The molecule has 2 aromatic rings. The van der Waals surface area contributed by atoms with Crippen molar-refractivity contribution in [3.63, 3.8) is 0 Å². The maximum atomic E-state index is 14.2. The van der Waals surface area contributed by atoms with E-state index in [1.54, 1.807) is 24.3 Å². The molecule has 1 aromatic heterocycles. The zero-order valence-corrected chi connectivity index (χ0v) is 12.6. The Bertz CT molecular complexity index is 684. The molecule has 0 saturated carbocycles. The van der Waals surface area contributed by atoms with Crippen LogP contribution in [0.1, 0.15) is 23.2 Å². The summed E-state index contributed by atoms with van der Waals surface area (Å²) in [5, 5.41) is 3.01. The third-order valence-electron chi connectivity index (χ3n) is 3.64. The lowest BCUT2D eigenvalue weighted by atomic mass is 10.1. The van der Waals surface area contributed by atoms with Gasteiger partial charge >= 0.3 is 0 Å². The quantitative estimate of drug-likeness (QED) is 0.877. The monoisotopic (exact) mass is 319 g/mol. The van der Waals surface area contributed by atoms with Crippen LogP contribution in [-0.2, 0) is 0 Å². The minimum absolute atomic E-state index is 0.274. The highest BCUT2D eigenvalue weighted by molar-refractivity contribution is 6.29. The van der Waals surface area contributed by atoms with Gasteiger partial charge in [0.05, 0.1) is 17.6 Å². The summed E-state index contributed by atoms with van der Waals surface area (Å²) >= 11 is 5.69. The lowest BCUT2D eigenvalue weighted by molar-refractivity contribution is 0.102. The molecule has 3 rings (SSSR count). The van der Waals surface area contributed by atoms with Crippen molar-refractivity contribution in [1.29, 1.82) is 0 Å². The second-order valence-electron chi connectivity index (χ2n) is 5.18. The van der Waals surface area contributed by atoms with E-state index >= 15 is 0 Å². The molecule has 0 spiro atoms. The Morgan fingerprint density at radius 1 is 1.23 bits per heavy atom. The van der Waals surface area contributed by atoms with Crippen LogP contribution in [-0.4, -0.2) is 24.0 Å². The Hall–Kier alpha value is -2.14. The van der Waals surface area contributed by atoms with Crippen molar-refractivity contribution in [2.24, 2.45) is 0 Å². The number of nitrogens with zero attached hydrogens (tertiary/aromatic N) is 2. The molecule has 114 valence electrons. The number of benzene rings is 1. The van der Waals surface area contributed by atoms with Crippen LogP contribution in [0.25, 0.3) is 0 Å². The van der Waals surface area contributed by atoms with Crippen LogP contribution in [0.15, 0.2) is 36.5 Å². The van der Waals surface area contributed by atoms with E-state index in [0.717, 1.165) is 25.9 Å². The molecule has 1 aliphatic rings. The van der Waals surface area contributed by atoms with Gasteiger partial charge in [-0.25, -0.2) is 9.37 Å². The van der Waals surface area contributed by atoms with E-state index in [1.807, 2.05) is 4.90 Å². The Kier molecular flexibility index (Phi) is 4.24. The number of hydrogen-bond donors (Lipinski definition) is 1. The number of hydrogen-bond acceptors (Lipinski definition) is 3. The average Bonchev–Trinajstić information content (AvgIpc) is 3.03. The molecule has 1 saturated heterocycles. The topological polar surface area (TPSA) is 45.2 Å². The number of pyridine rings is 1. The molecule has 1 aromatic carbocycles. The largest absolute Gasteiger partial charge is 0.369 e. The summed E-state index contributed by atoms with van der Waals surface area (Å²) in [7, 11) is 0. The lowest BCUT2D eigenvalue weighted by Gasteiger charge is -2.18. The smallest absolute Gasteiger partial charge is 0.255 e. The first kappa shape index (κ1) is 14.8. The zero-order valence-electron chi connectivity index (χ0n) is 11.9. The van der Waals surface area contributed by atoms with Gasteiger partial charge in [-0.05, 0) is 43.2 Å². The molecule has 6 heteroatoms. The number of amides is 1. The van der Waals surface area contributed by atoms with Crippen molar-refractivity contribution in [2.75, 3.05) is 23.3 Å². The van der Waals surface area contributed by atoms with Crippen LogP contribution in [0.5, 0.6) is 0 Å². The van der Waals surface area contributed by atoms with E-state index in [1.165, 1.54) is 12.3 Å². The predicted molar refractivity (Wildman–Crippen MR) is 85.0 cm³/mol. The van der Waals surface area contributed by atoms with Crippen molar-refractivity contribution in [1.82, 2.24) is 4.98 Å². The van der Waals surface area contributed by atoms with Crippen LogP contribution in [0.4, 0.5) is 15.8 Å². The molecule has 1 N–H and O–H groups in total. The number of halogens is 2. The van der Waals surface area contributed by atoms with Gasteiger partial charge in [0.1, 0.15) is 11.0 Å². The Balaban J connectivity index is 1.75. The fraction of sp³-hybridized carbons (Fsp3) is 0.250. The van der Waals surface area contributed by atoms with Gasteiger partial charge in [-0.2, -0.15) is 0 Å². The van der Waals surface area contributed by atoms with E-state index in [-0.39, 0.29) is 17.3 Å². The number of rotatable bonds is 3. The summed E-state index contributed by atoms with van der Waals surface area (Å²) in [5.74, 6) is -0.750. The van der Waals surface area contributed by atoms with Crippen molar-refractivity contribution < 1.29 is 9.18 Å². The number of carbonyl (C=O) groups is 1. The number of aromatic nitrogens is 1. The molecule has 0 atom stereocenters. The second-order valence-corrected chi connectivity index (χ2v) is 5.57. The zero-order chi connectivity index (χ0) is 15.5. The lowest BCUT2D eigenvalue weighted by Crippen LogP contribution is -2.19. The van der Waals surface area contributed by atoms with E-state index < -0.39 is 0 Å². The van der Waals surface area contributed by atoms with E-state index in [0.29, 0.717) is 16.5 Å². The van der Waals surface area contributed by atoms with Crippen molar-refractivity contribution >= 4 is 28.9 Å². The first-order valence-corrected chi connectivity index (χ1v) is 7.49. The molecule has 1 aliphatic heterocycles. The summed E-state index contributed by atoms with van der Waals surface area (Å²) in [6.07, 6.45) is 3.60. The van der Waals surface area contributed by atoms with Gasteiger partial charge < -0.3 is 10.2 Å². The highest BCUT2D eigenvalue weighted by atomic mass is 35.5. The van der Waals surface area contributed by atoms with Gasteiger partial charge in [0.2, 0.25) is 0 Å². The molecule has 0 radical (unpaired) electrons. The number of carbonyl (C=O) groups excluding carboxylic acids is 1. The number of nitrogens with one attached hydrogen (secondary N) is 1. The van der Waals surface area contributed by atoms with Crippen molar-refractivity contribution in [2.45, 2.75) is 12.8 Å². The maximum Gasteiger partial charge on any atom is 0.255 e. The first-order valence-electron chi connectivity index (χ1n) is 7.11. The minimum Gasteiger partial charge on any atom is -0.369 e. The second kappa shape index (κ2) is 6.32. The van der Waals surface area contributed by atoms with Gasteiger partial charge in [0.15, 0.2) is 0 Å². The highest BCUT2D eigenvalue weighted by Crippen LogP contribution is 2.24. The van der Waals surface area contributed by atoms with Gasteiger partial charge in [0.25, 0.3) is 5.91 Å². The fourth-order valence-corrected chi connectivity index (χ4v) is 2.63. The number of anilines is 2. The van der Waals surface area contributed by atoms with Crippen LogP contribution >= 0.6 is 11.6 Å². The Morgan fingerprint density at radius 3 is 2.64 bits per heavy atom. The third kappa shape index (κ3) is 3.20. The van der Waals surface area contributed by atoms with Gasteiger partial charge in [-0.1, -0.05) is 11.6 Å². The van der Waals surface area contributed by atoms with E-state index in [4.69, 9.17) is 11.6 Å². The molecule has 1 fully saturated rings. The highest BCUT2D eigenvalue weighted by Gasteiger charge is 2.17. The molecule has 2 heterocycles. The predicted octanol–water partition coefficient (Wildman–Crippen LogP) is 3.73. The summed E-state index contributed by atoms with van der Waals surface area (Å²) in [6.45, 7) is 1.72. The Morgan fingerprint density at radius 2 is 2.00 bits per heavy atom. The maximum absolute atomic E-state index is 14.2. The molecular weight excluding hydrogens is 305 g/mol. The summed E-state index contributed by atoms with van der Waals surface area (Å²) in [5.41, 5.74) is 1.34.